The number of rotatable bonds is 2. The molecule has 0 saturated carbocycles. The van der Waals surface area contributed by atoms with E-state index in [4.69, 9.17) is 14.0 Å². The Labute approximate surface area is 140 Å². The minimum absolute atomic E-state index is 0.295. The van der Waals surface area contributed by atoms with E-state index in [1.54, 1.807) is 0 Å². The summed E-state index contributed by atoms with van der Waals surface area (Å²) in [5.41, 5.74) is 4.38. The predicted molar refractivity (Wildman–Crippen MR) is 94.7 cm³/mol. The molecule has 2 heterocycles. The van der Waals surface area contributed by atoms with Gasteiger partial charge in [-0.2, -0.15) is 0 Å². The standard InChI is InChI=1S/C18H28BNO3/c1-13-11-15(19-22-17(3,4)18(5,6)23-19)12-14(2)16(13)20-7-9-21-10-8-20/h11-12H,7-10H2,1-6H3. The number of hydrogen-bond donors (Lipinski definition) is 0. The average molecular weight is 317 g/mol. The fourth-order valence-electron chi connectivity index (χ4n) is 3.39. The summed E-state index contributed by atoms with van der Waals surface area (Å²) in [5.74, 6) is 0. The van der Waals surface area contributed by atoms with Gasteiger partial charge in [-0.25, -0.2) is 0 Å². The molecule has 0 radical (unpaired) electrons. The van der Waals surface area contributed by atoms with Crippen LogP contribution in [0.3, 0.4) is 0 Å². The second kappa shape index (κ2) is 5.80. The summed E-state index contributed by atoms with van der Waals surface area (Å²) >= 11 is 0. The Morgan fingerprint density at radius 2 is 1.39 bits per heavy atom. The fraction of sp³-hybridized carbons (Fsp3) is 0.667. The van der Waals surface area contributed by atoms with Crippen LogP contribution in [0.2, 0.25) is 0 Å². The number of aryl methyl sites for hydroxylation is 2. The SMILES string of the molecule is Cc1cc(B2OC(C)(C)C(C)(C)O2)cc(C)c1N1CCOCC1. The molecule has 2 aliphatic rings. The van der Waals surface area contributed by atoms with E-state index in [9.17, 15) is 0 Å². The van der Waals surface area contributed by atoms with Crippen LogP contribution in [0.1, 0.15) is 38.8 Å². The van der Waals surface area contributed by atoms with Gasteiger partial charge in [-0.15, -0.1) is 0 Å². The van der Waals surface area contributed by atoms with Crippen LogP contribution in [0.5, 0.6) is 0 Å². The van der Waals surface area contributed by atoms with Crippen molar-refractivity contribution >= 4 is 18.3 Å². The maximum absolute atomic E-state index is 6.19. The molecule has 0 aromatic heterocycles. The summed E-state index contributed by atoms with van der Waals surface area (Å²) in [6.07, 6.45) is 0. The van der Waals surface area contributed by atoms with Crippen LogP contribution in [0.4, 0.5) is 5.69 Å². The van der Waals surface area contributed by atoms with Crippen LogP contribution in [-0.2, 0) is 14.0 Å². The van der Waals surface area contributed by atoms with Gasteiger partial charge in [-0.3, -0.25) is 0 Å². The van der Waals surface area contributed by atoms with Gasteiger partial charge < -0.3 is 18.9 Å². The highest BCUT2D eigenvalue weighted by atomic mass is 16.7. The number of hydrogen-bond acceptors (Lipinski definition) is 4. The molecule has 0 bridgehead atoms. The van der Waals surface area contributed by atoms with Crippen LogP contribution >= 0.6 is 0 Å². The zero-order chi connectivity index (χ0) is 16.8. The van der Waals surface area contributed by atoms with E-state index in [0.29, 0.717) is 0 Å². The second-order valence-electron chi connectivity index (χ2n) is 7.69. The van der Waals surface area contributed by atoms with Crippen molar-refractivity contribution in [1.29, 1.82) is 0 Å². The normalized spacial score (nSPS) is 23.4. The molecule has 4 nitrogen and oxygen atoms in total. The molecule has 23 heavy (non-hydrogen) atoms. The maximum Gasteiger partial charge on any atom is 0.494 e. The van der Waals surface area contributed by atoms with E-state index in [2.05, 4.69) is 58.6 Å². The zero-order valence-corrected chi connectivity index (χ0v) is 15.2. The van der Waals surface area contributed by atoms with Crippen molar-refractivity contribution < 1.29 is 14.0 Å². The quantitative estimate of drug-likeness (QED) is 0.784. The monoisotopic (exact) mass is 317 g/mol. The summed E-state index contributed by atoms with van der Waals surface area (Å²) in [4.78, 5) is 2.42. The molecule has 3 rings (SSSR count). The van der Waals surface area contributed by atoms with Gasteiger partial charge in [0.05, 0.1) is 24.4 Å². The van der Waals surface area contributed by atoms with Gasteiger partial charge in [0.2, 0.25) is 0 Å². The Bertz CT molecular complexity index is 555. The molecule has 1 aromatic rings. The van der Waals surface area contributed by atoms with Crippen LogP contribution in [0, 0.1) is 13.8 Å². The fourth-order valence-corrected chi connectivity index (χ4v) is 3.39. The first-order valence-corrected chi connectivity index (χ1v) is 8.51. The summed E-state index contributed by atoms with van der Waals surface area (Å²) in [6.45, 7) is 16.2. The summed E-state index contributed by atoms with van der Waals surface area (Å²) in [6, 6.07) is 4.42. The Balaban J connectivity index is 1.89. The predicted octanol–water partition coefficient (Wildman–Crippen LogP) is 2.44. The second-order valence-corrected chi connectivity index (χ2v) is 7.69. The molecule has 126 valence electrons. The Kier molecular flexibility index (Phi) is 4.24. The lowest BCUT2D eigenvalue weighted by Crippen LogP contribution is -2.41. The highest BCUT2D eigenvalue weighted by molar-refractivity contribution is 6.62. The first-order valence-electron chi connectivity index (χ1n) is 8.51. The van der Waals surface area contributed by atoms with Crippen LogP contribution in [0.25, 0.3) is 0 Å². The number of anilines is 1. The minimum atomic E-state index is -0.303. The molecular formula is C18H28BNO3. The van der Waals surface area contributed by atoms with Crippen molar-refractivity contribution in [1.82, 2.24) is 0 Å². The van der Waals surface area contributed by atoms with Gasteiger partial charge in [-0.05, 0) is 58.1 Å². The molecule has 0 N–H and O–H groups in total. The van der Waals surface area contributed by atoms with Gasteiger partial charge in [0.1, 0.15) is 0 Å². The maximum atomic E-state index is 6.19. The number of nitrogens with zero attached hydrogens (tertiary/aromatic N) is 1. The van der Waals surface area contributed by atoms with Gasteiger partial charge in [0, 0.05) is 18.8 Å². The molecule has 0 atom stereocenters. The lowest BCUT2D eigenvalue weighted by atomic mass is 9.77. The minimum Gasteiger partial charge on any atom is -0.399 e. The Morgan fingerprint density at radius 1 is 0.913 bits per heavy atom. The van der Waals surface area contributed by atoms with E-state index < -0.39 is 0 Å². The molecule has 2 fully saturated rings. The number of morpholine rings is 1. The topological polar surface area (TPSA) is 30.9 Å². The molecule has 2 saturated heterocycles. The molecule has 0 amide bonds. The van der Waals surface area contributed by atoms with Crippen molar-refractivity contribution in [2.75, 3.05) is 31.2 Å². The molecule has 5 heteroatoms. The van der Waals surface area contributed by atoms with Gasteiger partial charge in [0.15, 0.2) is 0 Å². The van der Waals surface area contributed by atoms with E-state index >= 15 is 0 Å². The zero-order valence-electron chi connectivity index (χ0n) is 15.2. The number of ether oxygens (including phenoxy) is 1. The smallest absolute Gasteiger partial charge is 0.399 e. The van der Waals surface area contributed by atoms with Crippen molar-refractivity contribution in [2.45, 2.75) is 52.7 Å². The third kappa shape index (κ3) is 3.02. The summed E-state index contributed by atoms with van der Waals surface area (Å²) in [5, 5.41) is 0. The number of benzene rings is 1. The van der Waals surface area contributed by atoms with Crippen LogP contribution in [0.15, 0.2) is 12.1 Å². The van der Waals surface area contributed by atoms with Crippen LogP contribution in [-0.4, -0.2) is 44.6 Å². The third-order valence-corrected chi connectivity index (χ3v) is 5.37. The van der Waals surface area contributed by atoms with Crippen molar-refractivity contribution in [3.8, 4) is 0 Å². The molecule has 0 spiro atoms. The van der Waals surface area contributed by atoms with Gasteiger partial charge >= 0.3 is 7.12 Å². The van der Waals surface area contributed by atoms with Crippen LogP contribution < -0.4 is 10.4 Å². The molecule has 1 aromatic carbocycles. The van der Waals surface area contributed by atoms with Crippen molar-refractivity contribution in [2.24, 2.45) is 0 Å². The largest absolute Gasteiger partial charge is 0.494 e. The van der Waals surface area contributed by atoms with E-state index in [-0.39, 0.29) is 18.3 Å². The highest BCUT2D eigenvalue weighted by Crippen LogP contribution is 2.37. The molecule has 0 unspecified atom stereocenters. The van der Waals surface area contributed by atoms with E-state index in [1.807, 2.05) is 0 Å². The Hall–Kier alpha value is -1.04. The third-order valence-electron chi connectivity index (χ3n) is 5.37. The average Bonchev–Trinajstić information content (AvgIpc) is 2.68. The molecule has 0 aliphatic carbocycles. The van der Waals surface area contributed by atoms with Gasteiger partial charge in [-0.1, -0.05) is 12.1 Å². The highest BCUT2D eigenvalue weighted by Gasteiger charge is 2.51. The van der Waals surface area contributed by atoms with E-state index in [0.717, 1.165) is 31.8 Å². The van der Waals surface area contributed by atoms with E-state index in [1.165, 1.54) is 16.8 Å². The summed E-state index contributed by atoms with van der Waals surface area (Å²) in [7, 11) is -0.295. The lowest BCUT2D eigenvalue weighted by molar-refractivity contribution is 0.00578. The van der Waals surface area contributed by atoms with Gasteiger partial charge in [0.25, 0.3) is 0 Å². The molecule has 2 aliphatic heterocycles. The first kappa shape index (κ1) is 16.8. The van der Waals surface area contributed by atoms with Crippen molar-refractivity contribution in [3.05, 3.63) is 23.3 Å². The lowest BCUT2D eigenvalue weighted by Gasteiger charge is -2.32. The first-order chi connectivity index (χ1) is 10.7. The summed E-state index contributed by atoms with van der Waals surface area (Å²) < 4.78 is 17.8. The molecular weight excluding hydrogens is 289 g/mol. The Morgan fingerprint density at radius 3 is 1.87 bits per heavy atom. The van der Waals surface area contributed by atoms with Crippen molar-refractivity contribution in [3.63, 3.8) is 0 Å².